The Hall–Kier alpha value is -2.58. The van der Waals surface area contributed by atoms with Gasteiger partial charge < -0.3 is 9.84 Å². The van der Waals surface area contributed by atoms with Gasteiger partial charge in [0.25, 0.3) is 0 Å². The van der Waals surface area contributed by atoms with Gasteiger partial charge in [-0.3, -0.25) is 0 Å². The first-order valence-corrected chi connectivity index (χ1v) is 7.93. The first-order chi connectivity index (χ1) is 11.3. The zero-order valence-corrected chi connectivity index (χ0v) is 12.8. The van der Waals surface area contributed by atoms with Crippen molar-refractivity contribution < 1.29 is 9.84 Å². The molecule has 2 aliphatic rings. The first kappa shape index (κ1) is 12.9. The van der Waals surface area contributed by atoms with Crippen molar-refractivity contribution in [1.82, 2.24) is 0 Å². The summed E-state index contributed by atoms with van der Waals surface area (Å²) in [6, 6.07) is 18.9. The maximum Gasteiger partial charge on any atom is 0.127 e. The minimum Gasteiger partial charge on any atom is -0.490 e. The number of benzene rings is 3. The zero-order valence-electron chi connectivity index (χ0n) is 12.8. The molecule has 1 heterocycles. The van der Waals surface area contributed by atoms with Gasteiger partial charge >= 0.3 is 0 Å². The molecule has 0 amide bonds. The van der Waals surface area contributed by atoms with Gasteiger partial charge in [-0.15, -0.1) is 0 Å². The molecule has 0 saturated carbocycles. The molecular formula is C21H16O2. The highest BCUT2D eigenvalue weighted by Gasteiger charge is 2.35. The van der Waals surface area contributed by atoms with Gasteiger partial charge in [0, 0.05) is 16.5 Å². The van der Waals surface area contributed by atoms with Crippen LogP contribution in [-0.2, 0) is 0 Å². The second-order valence-electron chi connectivity index (χ2n) is 6.27. The highest BCUT2D eigenvalue weighted by atomic mass is 16.5. The molecular weight excluding hydrogens is 284 g/mol. The van der Waals surface area contributed by atoms with Crippen molar-refractivity contribution in [3.8, 4) is 5.75 Å². The Bertz CT molecular complexity index is 998. The van der Waals surface area contributed by atoms with Crippen molar-refractivity contribution in [3.63, 3.8) is 0 Å². The van der Waals surface area contributed by atoms with E-state index >= 15 is 0 Å². The fourth-order valence-electron chi connectivity index (χ4n) is 3.96. The van der Waals surface area contributed by atoms with E-state index in [-0.39, 0.29) is 0 Å². The van der Waals surface area contributed by atoms with Crippen LogP contribution in [0.25, 0.3) is 21.9 Å². The van der Waals surface area contributed by atoms with Gasteiger partial charge in [-0.1, -0.05) is 48.5 Å². The molecule has 0 fully saturated rings. The molecule has 23 heavy (non-hydrogen) atoms. The third-order valence-electron chi connectivity index (χ3n) is 4.96. The number of hydrogen-bond donors (Lipinski definition) is 1. The summed E-state index contributed by atoms with van der Waals surface area (Å²) < 4.78 is 5.78. The van der Waals surface area contributed by atoms with E-state index in [1.54, 1.807) is 0 Å². The van der Waals surface area contributed by atoms with Crippen molar-refractivity contribution in [1.29, 1.82) is 0 Å². The van der Waals surface area contributed by atoms with Crippen LogP contribution in [0.2, 0.25) is 0 Å². The van der Waals surface area contributed by atoms with Gasteiger partial charge in [0.2, 0.25) is 0 Å². The number of ether oxygens (including phenoxy) is 1. The summed E-state index contributed by atoms with van der Waals surface area (Å²) in [5, 5.41) is 13.1. The van der Waals surface area contributed by atoms with Gasteiger partial charge in [-0.25, -0.2) is 0 Å². The van der Waals surface area contributed by atoms with E-state index in [0.29, 0.717) is 6.61 Å². The number of aliphatic hydroxyl groups excluding tert-OH is 1. The number of aliphatic hydroxyl groups is 1. The summed E-state index contributed by atoms with van der Waals surface area (Å²) in [4.78, 5) is 0. The van der Waals surface area contributed by atoms with E-state index in [0.717, 1.165) is 22.5 Å². The van der Waals surface area contributed by atoms with Crippen LogP contribution in [0.15, 0.2) is 54.6 Å². The Morgan fingerprint density at radius 2 is 1.78 bits per heavy atom. The molecule has 112 valence electrons. The van der Waals surface area contributed by atoms with E-state index in [1.807, 2.05) is 6.07 Å². The molecule has 0 aromatic heterocycles. The molecule has 2 heteroatoms. The predicted molar refractivity (Wildman–Crippen MR) is 92.5 cm³/mol. The maximum atomic E-state index is 10.7. The molecule has 5 rings (SSSR count). The van der Waals surface area contributed by atoms with Crippen molar-refractivity contribution in [2.24, 2.45) is 0 Å². The van der Waals surface area contributed by atoms with E-state index in [9.17, 15) is 5.11 Å². The minimum atomic E-state index is -0.588. The lowest BCUT2D eigenvalue weighted by molar-refractivity contribution is 0.143. The summed E-state index contributed by atoms with van der Waals surface area (Å²) in [5.41, 5.74) is 6.88. The Labute approximate surface area is 134 Å². The van der Waals surface area contributed by atoms with E-state index in [4.69, 9.17) is 4.74 Å². The zero-order chi connectivity index (χ0) is 15.6. The third kappa shape index (κ3) is 1.61. The van der Waals surface area contributed by atoms with Crippen LogP contribution in [0.4, 0.5) is 0 Å². The van der Waals surface area contributed by atoms with Crippen LogP contribution in [0.3, 0.4) is 0 Å². The van der Waals surface area contributed by atoms with Crippen molar-refractivity contribution in [3.05, 3.63) is 76.9 Å². The van der Waals surface area contributed by atoms with Gasteiger partial charge in [-0.2, -0.15) is 0 Å². The third-order valence-corrected chi connectivity index (χ3v) is 4.96. The van der Waals surface area contributed by atoms with Crippen molar-refractivity contribution >= 4 is 21.9 Å². The van der Waals surface area contributed by atoms with Gasteiger partial charge in [0.05, 0.1) is 0 Å². The van der Waals surface area contributed by atoms with Crippen molar-refractivity contribution in [2.45, 2.75) is 13.0 Å². The first-order valence-electron chi connectivity index (χ1n) is 7.93. The minimum absolute atomic E-state index is 0.317. The Morgan fingerprint density at radius 1 is 0.957 bits per heavy atom. The fraction of sp³-hybridized carbons (Fsp3) is 0.143. The van der Waals surface area contributed by atoms with Crippen LogP contribution < -0.4 is 4.74 Å². The lowest BCUT2D eigenvalue weighted by atomic mass is 9.91. The van der Waals surface area contributed by atoms with E-state index in [1.165, 1.54) is 27.5 Å². The molecule has 1 aliphatic heterocycles. The molecule has 0 bridgehead atoms. The largest absolute Gasteiger partial charge is 0.490 e. The number of aryl methyl sites for hydroxylation is 1. The summed E-state index contributed by atoms with van der Waals surface area (Å²) in [6.45, 7) is 2.44. The second-order valence-corrected chi connectivity index (χ2v) is 6.27. The Morgan fingerprint density at radius 3 is 2.65 bits per heavy atom. The molecule has 1 unspecified atom stereocenters. The summed E-state index contributed by atoms with van der Waals surface area (Å²) in [6.07, 6.45) is -0.588. The molecule has 0 radical (unpaired) electrons. The summed E-state index contributed by atoms with van der Waals surface area (Å²) >= 11 is 0. The monoisotopic (exact) mass is 300 g/mol. The van der Waals surface area contributed by atoms with Crippen LogP contribution in [0, 0.1) is 6.92 Å². The Kier molecular flexibility index (Phi) is 2.51. The fourth-order valence-corrected chi connectivity index (χ4v) is 3.96. The summed E-state index contributed by atoms with van der Waals surface area (Å²) in [7, 11) is 0. The second kappa shape index (κ2) is 4.46. The number of rotatable bonds is 1. The van der Waals surface area contributed by atoms with Crippen LogP contribution in [-0.4, -0.2) is 17.8 Å². The van der Waals surface area contributed by atoms with Crippen LogP contribution in [0.1, 0.15) is 22.3 Å². The standard InChI is InChI=1S/C21H16O2/c1-12-5-2-3-7-14(12)19-15-8-4-6-13-9-10-17-21(18(13)15)20(19)16(22)11-23-17/h2-10,16,22H,11H2,1H3. The molecule has 1 aliphatic carbocycles. The average molecular weight is 300 g/mol. The maximum absolute atomic E-state index is 10.7. The Balaban J connectivity index is 1.96. The molecule has 0 spiro atoms. The highest BCUT2D eigenvalue weighted by Crippen LogP contribution is 2.51. The number of hydrogen-bond acceptors (Lipinski definition) is 2. The van der Waals surface area contributed by atoms with Crippen LogP contribution in [0.5, 0.6) is 5.75 Å². The van der Waals surface area contributed by atoms with Gasteiger partial charge in [0.1, 0.15) is 18.5 Å². The highest BCUT2D eigenvalue weighted by molar-refractivity contribution is 6.19. The van der Waals surface area contributed by atoms with Crippen LogP contribution >= 0.6 is 0 Å². The molecule has 2 nitrogen and oxygen atoms in total. The molecule has 1 atom stereocenters. The quantitative estimate of drug-likeness (QED) is 0.730. The molecule has 3 aromatic rings. The average Bonchev–Trinajstić information content (AvgIpc) is 2.92. The molecule has 3 aromatic carbocycles. The van der Waals surface area contributed by atoms with Crippen molar-refractivity contribution in [2.75, 3.05) is 6.61 Å². The van der Waals surface area contributed by atoms with Gasteiger partial charge in [-0.05, 0) is 40.6 Å². The lowest BCUT2D eigenvalue weighted by Crippen LogP contribution is -2.24. The van der Waals surface area contributed by atoms with E-state index in [2.05, 4.69) is 55.5 Å². The van der Waals surface area contributed by atoms with E-state index < -0.39 is 6.10 Å². The normalized spacial score (nSPS) is 18.4. The SMILES string of the molecule is Cc1ccccc1C1=C2c3c(ccc4cccc1c34)OCC2O. The topological polar surface area (TPSA) is 29.5 Å². The smallest absolute Gasteiger partial charge is 0.127 e. The molecule has 1 N–H and O–H groups in total. The predicted octanol–water partition coefficient (Wildman–Crippen LogP) is 4.17. The molecule has 0 saturated heterocycles. The van der Waals surface area contributed by atoms with Gasteiger partial charge in [0.15, 0.2) is 0 Å². The lowest BCUT2D eigenvalue weighted by Gasteiger charge is -2.25. The summed E-state index contributed by atoms with van der Waals surface area (Å²) in [5.74, 6) is 0.883.